The maximum Gasteiger partial charge on any atom is 0.253 e. The maximum absolute atomic E-state index is 12.7. The van der Waals surface area contributed by atoms with Crippen molar-refractivity contribution < 1.29 is 14.3 Å². The van der Waals surface area contributed by atoms with Gasteiger partial charge in [0.15, 0.2) is 0 Å². The van der Waals surface area contributed by atoms with Crippen LogP contribution in [0.15, 0.2) is 36.4 Å². The second-order valence-electron chi connectivity index (χ2n) is 6.62. The summed E-state index contributed by atoms with van der Waals surface area (Å²) in [6.45, 7) is 3.99. The lowest BCUT2D eigenvalue weighted by Crippen LogP contribution is -2.41. The molecule has 0 aliphatic carbocycles. The van der Waals surface area contributed by atoms with Gasteiger partial charge in [-0.3, -0.25) is 4.79 Å². The molecule has 0 saturated heterocycles. The van der Waals surface area contributed by atoms with E-state index >= 15 is 0 Å². The van der Waals surface area contributed by atoms with Gasteiger partial charge in [-0.2, -0.15) is 0 Å². The summed E-state index contributed by atoms with van der Waals surface area (Å²) < 4.78 is 11.3. The molecule has 1 aliphatic rings. The Bertz CT molecular complexity index is 820. The van der Waals surface area contributed by atoms with Crippen LogP contribution in [0.1, 0.15) is 42.2 Å². The molecule has 2 aromatic rings. The summed E-state index contributed by atoms with van der Waals surface area (Å²) >= 11 is 12.1. The van der Waals surface area contributed by atoms with Gasteiger partial charge in [-0.1, -0.05) is 23.2 Å². The van der Waals surface area contributed by atoms with Gasteiger partial charge in [0.1, 0.15) is 17.1 Å². The highest BCUT2D eigenvalue weighted by atomic mass is 35.5. The van der Waals surface area contributed by atoms with E-state index in [1.807, 2.05) is 32.0 Å². The van der Waals surface area contributed by atoms with Gasteiger partial charge in [-0.05, 0) is 50.2 Å². The minimum Gasteiger partial charge on any atom is -0.497 e. The minimum atomic E-state index is -0.399. The van der Waals surface area contributed by atoms with Crippen LogP contribution in [0.4, 0.5) is 0 Å². The van der Waals surface area contributed by atoms with Gasteiger partial charge >= 0.3 is 0 Å². The van der Waals surface area contributed by atoms with Crippen LogP contribution in [0, 0.1) is 0 Å². The molecule has 4 nitrogen and oxygen atoms in total. The summed E-state index contributed by atoms with van der Waals surface area (Å²) in [4.78, 5) is 12.7. The highest BCUT2D eigenvalue weighted by molar-refractivity contribution is 6.36. The van der Waals surface area contributed by atoms with Crippen LogP contribution in [0.3, 0.4) is 0 Å². The first-order chi connectivity index (χ1) is 11.8. The number of halogens is 2. The summed E-state index contributed by atoms with van der Waals surface area (Å²) in [5, 5.41) is 3.87. The molecule has 1 atom stereocenters. The first-order valence-electron chi connectivity index (χ1n) is 7.92. The Morgan fingerprint density at radius 2 is 2.00 bits per heavy atom. The van der Waals surface area contributed by atoms with Crippen LogP contribution in [0.2, 0.25) is 10.0 Å². The normalized spacial score (nSPS) is 18.0. The third-order valence-corrected chi connectivity index (χ3v) is 4.70. The molecule has 1 unspecified atom stereocenters. The van der Waals surface area contributed by atoms with E-state index in [0.29, 0.717) is 27.8 Å². The predicted octanol–water partition coefficient (Wildman–Crippen LogP) is 5.03. The van der Waals surface area contributed by atoms with Crippen molar-refractivity contribution in [2.45, 2.75) is 31.9 Å². The van der Waals surface area contributed by atoms with Crippen LogP contribution >= 0.6 is 23.2 Å². The van der Waals surface area contributed by atoms with E-state index in [2.05, 4.69) is 5.32 Å². The number of nitrogens with one attached hydrogen (secondary N) is 1. The standard InChI is InChI=1S/C19H19Cl2NO3/c1-19(2)10-16(14-9-12(24-3)5-7-17(14)25-19)22-18(23)13-6-4-11(20)8-15(13)21/h4-9,16H,10H2,1-3H3,(H,22,23). The van der Waals surface area contributed by atoms with Gasteiger partial charge in [0.2, 0.25) is 0 Å². The molecule has 0 aromatic heterocycles. The summed E-state index contributed by atoms with van der Waals surface area (Å²) in [6, 6.07) is 10.2. The molecule has 25 heavy (non-hydrogen) atoms. The van der Waals surface area contributed by atoms with Crippen molar-refractivity contribution in [3.8, 4) is 11.5 Å². The average Bonchev–Trinajstić information content (AvgIpc) is 2.53. The monoisotopic (exact) mass is 379 g/mol. The number of carbonyl (C=O) groups excluding carboxylic acids is 1. The number of benzene rings is 2. The van der Waals surface area contributed by atoms with Gasteiger partial charge in [-0.25, -0.2) is 0 Å². The molecular weight excluding hydrogens is 361 g/mol. The molecule has 0 saturated carbocycles. The number of rotatable bonds is 3. The zero-order chi connectivity index (χ0) is 18.2. The first-order valence-corrected chi connectivity index (χ1v) is 8.67. The topological polar surface area (TPSA) is 47.6 Å². The Balaban J connectivity index is 1.92. The molecule has 1 aliphatic heterocycles. The van der Waals surface area contributed by atoms with Gasteiger partial charge in [-0.15, -0.1) is 0 Å². The molecule has 1 heterocycles. The Labute approximate surface area is 157 Å². The average molecular weight is 380 g/mol. The lowest BCUT2D eigenvalue weighted by atomic mass is 9.89. The van der Waals surface area contributed by atoms with Crippen molar-refractivity contribution in [2.75, 3.05) is 7.11 Å². The van der Waals surface area contributed by atoms with Crippen molar-refractivity contribution >= 4 is 29.1 Å². The third kappa shape index (κ3) is 3.86. The maximum atomic E-state index is 12.7. The second kappa shape index (κ2) is 6.77. The fourth-order valence-corrected chi connectivity index (χ4v) is 3.49. The first kappa shape index (κ1) is 17.9. The van der Waals surface area contributed by atoms with E-state index in [1.54, 1.807) is 25.3 Å². The molecule has 0 bridgehead atoms. The van der Waals surface area contributed by atoms with Gasteiger partial charge in [0.25, 0.3) is 5.91 Å². The fourth-order valence-electron chi connectivity index (χ4n) is 3.00. The molecule has 2 aromatic carbocycles. The quantitative estimate of drug-likeness (QED) is 0.812. The van der Waals surface area contributed by atoms with Crippen molar-refractivity contribution in [1.29, 1.82) is 0 Å². The van der Waals surface area contributed by atoms with Crippen molar-refractivity contribution in [3.63, 3.8) is 0 Å². The van der Waals surface area contributed by atoms with Crippen LogP contribution in [0.5, 0.6) is 11.5 Å². The van der Waals surface area contributed by atoms with Crippen molar-refractivity contribution in [2.24, 2.45) is 0 Å². The molecule has 132 valence electrons. The number of fused-ring (bicyclic) bond motifs is 1. The van der Waals surface area contributed by atoms with Crippen LogP contribution in [-0.2, 0) is 0 Å². The van der Waals surface area contributed by atoms with E-state index in [9.17, 15) is 4.79 Å². The van der Waals surface area contributed by atoms with Gasteiger partial charge in [0, 0.05) is 17.0 Å². The number of ether oxygens (including phenoxy) is 2. The van der Waals surface area contributed by atoms with E-state index in [1.165, 1.54) is 0 Å². The Morgan fingerprint density at radius 1 is 1.24 bits per heavy atom. The van der Waals surface area contributed by atoms with E-state index < -0.39 is 5.60 Å². The molecule has 3 rings (SSSR count). The zero-order valence-corrected chi connectivity index (χ0v) is 15.7. The second-order valence-corrected chi connectivity index (χ2v) is 7.46. The van der Waals surface area contributed by atoms with E-state index in [0.717, 1.165) is 11.3 Å². The Morgan fingerprint density at radius 3 is 2.68 bits per heavy atom. The van der Waals surface area contributed by atoms with Gasteiger partial charge in [0.05, 0.1) is 23.7 Å². The molecule has 0 fully saturated rings. The van der Waals surface area contributed by atoms with Crippen molar-refractivity contribution in [3.05, 3.63) is 57.6 Å². The summed E-state index contributed by atoms with van der Waals surface area (Å²) in [5.41, 5.74) is 0.875. The molecule has 0 spiro atoms. The molecule has 1 N–H and O–H groups in total. The number of carbonyl (C=O) groups is 1. The molecule has 0 radical (unpaired) electrons. The SMILES string of the molecule is COc1ccc2c(c1)C(NC(=O)c1ccc(Cl)cc1Cl)CC(C)(C)O2. The van der Waals surface area contributed by atoms with E-state index in [4.69, 9.17) is 32.7 Å². The lowest BCUT2D eigenvalue weighted by molar-refractivity contribution is 0.0618. The van der Waals surface area contributed by atoms with Crippen LogP contribution < -0.4 is 14.8 Å². The van der Waals surface area contributed by atoms with Gasteiger partial charge < -0.3 is 14.8 Å². The smallest absolute Gasteiger partial charge is 0.253 e. The van der Waals surface area contributed by atoms with Crippen molar-refractivity contribution in [1.82, 2.24) is 5.32 Å². The Hall–Kier alpha value is -1.91. The zero-order valence-electron chi connectivity index (χ0n) is 14.2. The number of amides is 1. The third-order valence-electron chi connectivity index (χ3n) is 4.16. The van der Waals surface area contributed by atoms with Crippen LogP contribution in [-0.4, -0.2) is 18.6 Å². The highest BCUT2D eigenvalue weighted by Crippen LogP contribution is 2.41. The Kier molecular flexibility index (Phi) is 4.85. The lowest BCUT2D eigenvalue weighted by Gasteiger charge is -2.38. The predicted molar refractivity (Wildman–Crippen MR) is 99.0 cm³/mol. The summed E-state index contributed by atoms with van der Waals surface area (Å²) in [5.74, 6) is 1.20. The minimum absolute atomic E-state index is 0.215. The largest absolute Gasteiger partial charge is 0.497 e. The number of methoxy groups -OCH3 is 1. The molecule has 6 heteroatoms. The number of hydrogen-bond acceptors (Lipinski definition) is 3. The fraction of sp³-hybridized carbons (Fsp3) is 0.316. The number of hydrogen-bond donors (Lipinski definition) is 1. The molecule has 1 amide bonds. The van der Waals surface area contributed by atoms with Crippen LogP contribution in [0.25, 0.3) is 0 Å². The summed E-state index contributed by atoms with van der Waals surface area (Å²) in [7, 11) is 1.61. The highest BCUT2D eigenvalue weighted by Gasteiger charge is 2.35. The van der Waals surface area contributed by atoms with E-state index in [-0.39, 0.29) is 11.9 Å². The summed E-state index contributed by atoms with van der Waals surface area (Å²) in [6.07, 6.45) is 0.629. The molecular formula is C19H19Cl2NO3.